The number of amides is 1. The number of carbonyl (C=O) groups excluding carboxylic acids is 2. The summed E-state index contributed by atoms with van der Waals surface area (Å²) in [6, 6.07) is 15.3. The normalized spacial score (nSPS) is 12.5. The number of ether oxygens (including phenoxy) is 3. The van der Waals surface area contributed by atoms with Crippen LogP contribution < -0.4 is 24.2 Å². The number of benzene rings is 3. The molecule has 36 heavy (non-hydrogen) atoms. The Morgan fingerprint density at radius 1 is 0.917 bits per heavy atom. The third-order valence-electron chi connectivity index (χ3n) is 5.28. The second kappa shape index (κ2) is 10.9. The van der Waals surface area contributed by atoms with Crippen LogP contribution in [-0.2, 0) is 14.8 Å². The topological polar surface area (TPSA) is 120 Å². The summed E-state index contributed by atoms with van der Waals surface area (Å²) in [5, 5.41) is 3.10. The number of rotatable bonds is 9. The van der Waals surface area contributed by atoms with Gasteiger partial charge < -0.3 is 19.5 Å². The largest absolute Gasteiger partial charge is 0.495 e. The van der Waals surface area contributed by atoms with Crippen molar-refractivity contribution in [2.45, 2.75) is 17.7 Å². The molecular weight excluding hydrogens is 508 g/mol. The first kappa shape index (κ1) is 25.3. The first-order chi connectivity index (χ1) is 17.2. The summed E-state index contributed by atoms with van der Waals surface area (Å²) in [7, 11) is -2.70. The second-order valence-corrected chi connectivity index (χ2v) is 9.90. The number of methoxy groups -OCH3 is 1. The lowest BCUT2D eigenvalue weighted by Gasteiger charge is -2.18. The number of ketones is 1. The van der Waals surface area contributed by atoms with Crippen LogP contribution in [0.15, 0.2) is 65.6 Å². The predicted molar refractivity (Wildman–Crippen MR) is 135 cm³/mol. The minimum absolute atomic E-state index is 0.0368. The summed E-state index contributed by atoms with van der Waals surface area (Å²) in [4.78, 5) is 24.9. The van der Waals surface area contributed by atoms with Crippen LogP contribution in [0, 0.1) is 0 Å². The monoisotopic (exact) mass is 530 g/mol. The molecule has 4 rings (SSSR count). The highest BCUT2D eigenvalue weighted by molar-refractivity contribution is 7.92. The average molecular weight is 531 g/mol. The van der Waals surface area contributed by atoms with Gasteiger partial charge in [0.05, 0.1) is 7.11 Å². The minimum Gasteiger partial charge on any atom is -0.495 e. The van der Waals surface area contributed by atoms with Gasteiger partial charge in [0.2, 0.25) is 5.91 Å². The standard InChI is InChI=1S/C25H23ClN2O7S/c1-33-22-10-7-19(15-24(22)36(31,32)28-18-5-3-17(26)4-6-18)27-25(30)11-8-20(29)16-2-9-21-23(14-16)35-13-12-34-21/h2-7,9-10,14-15,28H,8,11-13H2,1H3,(H,27,30). The first-order valence-electron chi connectivity index (χ1n) is 10.9. The molecule has 2 N–H and O–H groups in total. The molecule has 0 unspecified atom stereocenters. The van der Waals surface area contributed by atoms with Gasteiger partial charge >= 0.3 is 0 Å². The quantitative estimate of drug-likeness (QED) is 0.390. The fourth-order valence-corrected chi connectivity index (χ4v) is 4.88. The zero-order chi connectivity index (χ0) is 25.7. The lowest BCUT2D eigenvalue weighted by atomic mass is 10.1. The van der Waals surface area contributed by atoms with Gasteiger partial charge in [-0.05, 0) is 60.7 Å². The number of nitrogens with one attached hydrogen (secondary N) is 2. The number of fused-ring (bicyclic) bond motifs is 1. The Morgan fingerprint density at radius 3 is 2.33 bits per heavy atom. The highest BCUT2D eigenvalue weighted by Crippen LogP contribution is 2.32. The van der Waals surface area contributed by atoms with Gasteiger partial charge in [-0.15, -0.1) is 0 Å². The number of sulfonamides is 1. The zero-order valence-corrected chi connectivity index (χ0v) is 20.8. The van der Waals surface area contributed by atoms with E-state index in [4.69, 9.17) is 25.8 Å². The molecule has 188 valence electrons. The molecule has 0 aliphatic carbocycles. The van der Waals surface area contributed by atoms with Crippen LogP contribution in [0.25, 0.3) is 0 Å². The van der Waals surface area contributed by atoms with Gasteiger partial charge in [-0.25, -0.2) is 8.42 Å². The molecule has 0 spiro atoms. The molecule has 0 radical (unpaired) electrons. The molecule has 9 nitrogen and oxygen atoms in total. The van der Waals surface area contributed by atoms with Gasteiger partial charge in [0.1, 0.15) is 23.9 Å². The van der Waals surface area contributed by atoms with Gasteiger partial charge in [-0.3, -0.25) is 14.3 Å². The Balaban J connectivity index is 1.42. The number of anilines is 2. The summed E-state index contributed by atoms with van der Waals surface area (Å²) in [6.07, 6.45) is -0.130. The molecule has 0 aromatic heterocycles. The van der Waals surface area contributed by atoms with Crippen molar-refractivity contribution < 1.29 is 32.2 Å². The van der Waals surface area contributed by atoms with Crippen molar-refractivity contribution in [3.05, 3.63) is 71.2 Å². The molecule has 1 aliphatic rings. The van der Waals surface area contributed by atoms with Gasteiger partial charge in [-0.2, -0.15) is 0 Å². The third kappa shape index (κ3) is 6.07. The minimum atomic E-state index is -4.04. The second-order valence-electron chi connectivity index (χ2n) is 7.81. The van der Waals surface area contributed by atoms with Crippen molar-refractivity contribution in [3.63, 3.8) is 0 Å². The summed E-state index contributed by atoms with van der Waals surface area (Å²) in [6.45, 7) is 0.855. The van der Waals surface area contributed by atoms with E-state index in [1.807, 2.05) is 0 Å². The van der Waals surface area contributed by atoms with Crippen LogP contribution >= 0.6 is 11.6 Å². The van der Waals surface area contributed by atoms with Gasteiger partial charge in [0, 0.05) is 34.8 Å². The van der Waals surface area contributed by atoms with Gasteiger partial charge in [-0.1, -0.05) is 11.6 Å². The summed E-state index contributed by atoms with van der Waals surface area (Å²) in [5.74, 6) is 0.498. The highest BCUT2D eigenvalue weighted by atomic mass is 35.5. The molecule has 1 aliphatic heterocycles. The number of halogens is 1. The maximum atomic E-state index is 13.0. The Kier molecular flexibility index (Phi) is 7.66. The van der Waals surface area contributed by atoms with E-state index in [9.17, 15) is 18.0 Å². The average Bonchev–Trinajstić information content (AvgIpc) is 2.88. The summed E-state index contributed by atoms with van der Waals surface area (Å²) in [5.41, 5.74) is 0.968. The molecule has 11 heteroatoms. The predicted octanol–water partition coefficient (Wildman–Crippen LogP) is 4.52. The van der Waals surface area contributed by atoms with Crippen LogP contribution in [0.1, 0.15) is 23.2 Å². The molecule has 3 aromatic rings. The molecule has 1 amide bonds. The smallest absolute Gasteiger partial charge is 0.265 e. The molecule has 1 heterocycles. The van der Waals surface area contributed by atoms with E-state index >= 15 is 0 Å². The fourth-order valence-electron chi connectivity index (χ4n) is 3.50. The van der Waals surface area contributed by atoms with E-state index in [-0.39, 0.29) is 35.0 Å². The van der Waals surface area contributed by atoms with Crippen LogP contribution in [0.5, 0.6) is 17.2 Å². The number of hydrogen-bond donors (Lipinski definition) is 2. The fraction of sp³-hybridized carbons (Fsp3) is 0.200. The van der Waals surface area contributed by atoms with E-state index in [0.29, 0.717) is 41.0 Å². The molecule has 3 aromatic carbocycles. The van der Waals surface area contributed by atoms with E-state index in [0.717, 1.165) is 0 Å². The van der Waals surface area contributed by atoms with Crippen molar-refractivity contribution >= 4 is 44.7 Å². The Hall–Kier alpha value is -3.76. The maximum absolute atomic E-state index is 13.0. The van der Waals surface area contributed by atoms with Gasteiger partial charge in [0.25, 0.3) is 10.0 Å². The number of carbonyl (C=O) groups is 2. The zero-order valence-electron chi connectivity index (χ0n) is 19.2. The van der Waals surface area contributed by atoms with Crippen molar-refractivity contribution in [1.82, 2.24) is 0 Å². The third-order valence-corrected chi connectivity index (χ3v) is 6.93. The van der Waals surface area contributed by atoms with Gasteiger partial charge in [0.15, 0.2) is 17.3 Å². The lowest BCUT2D eigenvalue weighted by Crippen LogP contribution is -2.17. The van der Waals surface area contributed by atoms with E-state index in [2.05, 4.69) is 10.0 Å². The summed E-state index contributed by atoms with van der Waals surface area (Å²) < 4.78 is 44.5. The van der Waals surface area contributed by atoms with Crippen molar-refractivity contribution in [3.8, 4) is 17.2 Å². The van der Waals surface area contributed by atoms with Crippen LogP contribution in [0.3, 0.4) is 0 Å². The van der Waals surface area contributed by atoms with Crippen LogP contribution in [0.2, 0.25) is 5.02 Å². The lowest BCUT2D eigenvalue weighted by molar-refractivity contribution is -0.116. The molecule has 0 fully saturated rings. The molecule has 0 saturated carbocycles. The van der Waals surface area contributed by atoms with E-state index in [1.165, 1.54) is 37.4 Å². The maximum Gasteiger partial charge on any atom is 0.265 e. The molecule has 0 saturated heterocycles. The van der Waals surface area contributed by atoms with Crippen molar-refractivity contribution in [2.24, 2.45) is 0 Å². The molecule has 0 atom stereocenters. The Labute approximate surface area is 213 Å². The SMILES string of the molecule is COc1ccc(NC(=O)CCC(=O)c2ccc3c(c2)OCCO3)cc1S(=O)(=O)Nc1ccc(Cl)cc1. The van der Waals surface area contributed by atoms with E-state index < -0.39 is 15.9 Å². The van der Waals surface area contributed by atoms with Crippen LogP contribution in [-0.4, -0.2) is 40.4 Å². The van der Waals surface area contributed by atoms with Crippen molar-refractivity contribution in [1.29, 1.82) is 0 Å². The Morgan fingerprint density at radius 2 is 1.61 bits per heavy atom. The Bertz CT molecular complexity index is 1390. The molecule has 0 bridgehead atoms. The van der Waals surface area contributed by atoms with Crippen molar-refractivity contribution in [2.75, 3.05) is 30.4 Å². The van der Waals surface area contributed by atoms with E-state index in [1.54, 1.807) is 30.3 Å². The number of Topliss-reactive ketones (excluding diaryl/α,β-unsaturated/α-hetero) is 1. The highest BCUT2D eigenvalue weighted by Gasteiger charge is 2.21. The molecular formula is C25H23ClN2O7S. The first-order valence-corrected chi connectivity index (χ1v) is 12.8. The summed E-state index contributed by atoms with van der Waals surface area (Å²) >= 11 is 5.86. The number of hydrogen-bond acceptors (Lipinski definition) is 7. The van der Waals surface area contributed by atoms with Crippen LogP contribution in [0.4, 0.5) is 11.4 Å².